The highest BCUT2D eigenvalue weighted by molar-refractivity contribution is 5.82. The molecule has 0 saturated heterocycles. The van der Waals surface area contributed by atoms with Crippen LogP contribution < -0.4 is 11.1 Å². The van der Waals surface area contributed by atoms with Crippen LogP contribution in [0.1, 0.15) is 79.1 Å². The molecule has 7 nitrogen and oxygen atoms in total. The summed E-state index contributed by atoms with van der Waals surface area (Å²) in [6, 6.07) is 0. The third-order valence-electron chi connectivity index (χ3n) is 3.83. The first-order valence-electron chi connectivity index (χ1n) is 9.41. The second-order valence-electron chi connectivity index (χ2n) is 6.71. The number of amides is 2. The van der Waals surface area contributed by atoms with Gasteiger partial charge in [-0.25, -0.2) is 0 Å². The Hall–Kier alpha value is -1.92. The Kier molecular flexibility index (Phi) is 16.7. The van der Waals surface area contributed by atoms with Crippen LogP contribution in [0.25, 0.3) is 0 Å². The average molecular weight is 373 g/mol. The number of carboxylic acids is 1. The maximum atomic E-state index is 11.7. The number of carbonyl (C=O) groups excluding carboxylic acids is 3. The molecule has 0 saturated carbocycles. The molecule has 0 radical (unpaired) electrons. The lowest BCUT2D eigenvalue weighted by atomic mass is 9.96. The second kappa shape index (κ2) is 16.5. The third kappa shape index (κ3) is 18.4. The second-order valence-corrected chi connectivity index (χ2v) is 6.71. The molecule has 0 aromatic rings. The number of primary amides is 1. The van der Waals surface area contributed by atoms with Crippen LogP contribution in [0.2, 0.25) is 0 Å². The summed E-state index contributed by atoms with van der Waals surface area (Å²) in [5, 5.41) is 11.5. The van der Waals surface area contributed by atoms with E-state index in [-0.39, 0.29) is 24.0 Å². The van der Waals surface area contributed by atoms with Crippen molar-refractivity contribution in [2.24, 2.45) is 17.6 Å². The van der Waals surface area contributed by atoms with E-state index in [1.807, 2.05) is 6.92 Å². The van der Waals surface area contributed by atoms with Gasteiger partial charge in [0.25, 0.3) is 0 Å². The number of carbonyl (C=O) groups is 4. The third-order valence-corrected chi connectivity index (χ3v) is 3.83. The summed E-state index contributed by atoms with van der Waals surface area (Å²) in [5.41, 5.74) is 4.76. The summed E-state index contributed by atoms with van der Waals surface area (Å²) >= 11 is 0. The van der Waals surface area contributed by atoms with Crippen LogP contribution >= 0.6 is 0 Å². The van der Waals surface area contributed by atoms with E-state index in [1.54, 1.807) is 13.8 Å². The maximum Gasteiger partial charge on any atom is 0.304 e. The Bertz CT molecular complexity index is 438. The number of hydrogen-bond acceptors (Lipinski definition) is 4. The zero-order valence-electron chi connectivity index (χ0n) is 16.7. The molecule has 2 unspecified atom stereocenters. The van der Waals surface area contributed by atoms with Gasteiger partial charge in [0.15, 0.2) is 0 Å². The lowest BCUT2D eigenvalue weighted by Gasteiger charge is -2.18. The van der Waals surface area contributed by atoms with Gasteiger partial charge < -0.3 is 21.0 Å². The molecule has 0 heterocycles. The van der Waals surface area contributed by atoms with Gasteiger partial charge in [0, 0.05) is 25.3 Å². The van der Waals surface area contributed by atoms with Crippen molar-refractivity contribution in [3.05, 3.63) is 0 Å². The van der Waals surface area contributed by atoms with Gasteiger partial charge in [0.05, 0.1) is 6.42 Å². The minimum atomic E-state index is -0.959. The van der Waals surface area contributed by atoms with E-state index in [0.29, 0.717) is 25.3 Å². The van der Waals surface area contributed by atoms with Crippen molar-refractivity contribution < 1.29 is 24.3 Å². The molecule has 4 N–H and O–H groups in total. The highest BCUT2D eigenvalue weighted by Crippen LogP contribution is 2.14. The highest BCUT2D eigenvalue weighted by atomic mass is 16.4. The van der Waals surface area contributed by atoms with Gasteiger partial charge in [-0.15, -0.1) is 0 Å². The normalized spacial score (nSPS) is 12.3. The molecule has 0 aromatic heterocycles. The molecular weight excluding hydrogens is 336 g/mol. The van der Waals surface area contributed by atoms with Crippen LogP contribution in [0.5, 0.6) is 0 Å². The number of ketones is 1. The molecule has 7 heteroatoms. The lowest BCUT2D eigenvalue weighted by molar-refractivity contribution is -0.140. The van der Waals surface area contributed by atoms with Crippen molar-refractivity contribution >= 4 is 23.6 Å². The summed E-state index contributed by atoms with van der Waals surface area (Å²) in [5.74, 6) is -1.33. The van der Waals surface area contributed by atoms with Gasteiger partial charge in [0.2, 0.25) is 11.8 Å². The number of aliphatic carboxylic acids is 1. The summed E-state index contributed by atoms with van der Waals surface area (Å²) in [6.45, 7) is 7.78. The Balaban J connectivity index is 0. The van der Waals surface area contributed by atoms with Gasteiger partial charge in [-0.2, -0.15) is 0 Å². The van der Waals surface area contributed by atoms with Crippen LogP contribution in [0.3, 0.4) is 0 Å². The van der Waals surface area contributed by atoms with Crippen molar-refractivity contribution in [1.29, 1.82) is 0 Å². The van der Waals surface area contributed by atoms with Gasteiger partial charge in [-0.05, 0) is 38.5 Å². The largest absolute Gasteiger partial charge is 0.481 e. The fourth-order valence-corrected chi connectivity index (χ4v) is 2.42. The van der Waals surface area contributed by atoms with Crippen LogP contribution in [0.15, 0.2) is 0 Å². The van der Waals surface area contributed by atoms with E-state index < -0.39 is 11.9 Å². The van der Waals surface area contributed by atoms with Crippen molar-refractivity contribution in [1.82, 2.24) is 5.32 Å². The molecule has 0 bridgehead atoms. The number of carboxylic acid groups (broad SMARTS) is 1. The molecule has 0 aliphatic rings. The smallest absolute Gasteiger partial charge is 0.304 e. The fraction of sp³-hybridized carbons (Fsp3) is 0.789. The number of hydrogen-bond donors (Lipinski definition) is 3. The zero-order chi connectivity index (χ0) is 20.5. The van der Waals surface area contributed by atoms with E-state index in [4.69, 9.17) is 10.8 Å². The predicted octanol–water partition coefficient (Wildman–Crippen LogP) is 2.66. The number of rotatable bonds is 13. The Labute approximate surface area is 157 Å². The first-order valence-corrected chi connectivity index (χ1v) is 9.41. The molecule has 0 aliphatic carbocycles. The number of Topliss-reactive ketones (excluding diaryl/α,β-unsaturated/α-hetero) is 1. The van der Waals surface area contributed by atoms with Crippen LogP contribution in [-0.2, 0) is 19.2 Å². The Morgan fingerprint density at radius 1 is 1.04 bits per heavy atom. The summed E-state index contributed by atoms with van der Waals surface area (Å²) in [4.78, 5) is 43.0. The molecule has 0 spiro atoms. The van der Waals surface area contributed by atoms with E-state index >= 15 is 0 Å². The molecule has 2 atom stereocenters. The van der Waals surface area contributed by atoms with Crippen LogP contribution in [0.4, 0.5) is 0 Å². The minimum absolute atomic E-state index is 0.144. The quantitative estimate of drug-likeness (QED) is 0.458. The van der Waals surface area contributed by atoms with Gasteiger partial charge >= 0.3 is 5.97 Å². The van der Waals surface area contributed by atoms with E-state index in [9.17, 15) is 19.2 Å². The van der Waals surface area contributed by atoms with Gasteiger partial charge in [-0.1, -0.05) is 27.2 Å². The lowest BCUT2D eigenvalue weighted by Crippen LogP contribution is -2.34. The molecule has 0 aliphatic heterocycles. The molecule has 0 fully saturated rings. The molecule has 2 amide bonds. The maximum absolute atomic E-state index is 11.7. The van der Waals surface area contributed by atoms with Crippen molar-refractivity contribution in [3.63, 3.8) is 0 Å². The van der Waals surface area contributed by atoms with Crippen LogP contribution in [0, 0.1) is 11.8 Å². The van der Waals surface area contributed by atoms with Gasteiger partial charge in [0.1, 0.15) is 5.78 Å². The monoisotopic (exact) mass is 372 g/mol. The predicted molar refractivity (Wildman–Crippen MR) is 101 cm³/mol. The Morgan fingerprint density at radius 3 is 2.04 bits per heavy atom. The minimum Gasteiger partial charge on any atom is -0.481 e. The fourth-order valence-electron chi connectivity index (χ4n) is 2.42. The van der Waals surface area contributed by atoms with E-state index in [1.165, 1.54) is 0 Å². The molecule has 152 valence electrons. The molecule has 0 rings (SSSR count). The van der Waals surface area contributed by atoms with E-state index in [0.717, 1.165) is 32.1 Å². The van der Waals surface area contributed by atoms with Crippen molar-refractivity contribution in [3.8, 4) is 0 Å². The summed E-state index contributed by atoms with van der Waals surface area (Å²) in [7, 11) is 0. The standard InChI is InChI=1S/C15H27NO4.C4H9NO/c1-4-6-13(8-5-7-12(3)17)10-16-15(20)11(2)9-14(18)19;1-2-3-4(5)6/h11,13H,4-10H2,1-3H3,(H,16,20)(H,18,19);2-3H2,1H3,(H2,5,6). The Morgan fingerprint density at radius 2 is 1.65 bits per heavy atom. The number of nitrogens with two attached hydrogens (primary N) is 1. The summed E-state index contributed by atoms with van der Waals surface area (Å²) < 4.78 is 0. The highest BCUT2D eigenvalue weighted by Gasteiger charge is 2.17. The van der Waals surface area contributed by atoms with Crippen molar-refractivity contribution in [2.45, 2.75) is 79.1 Å². The van der Waals surface area contributed by atoms with Crippen molar-refractivity contribution in [2.75, 3.05) is 6.54 Å². The zero-order valence-corrected chi connectivity index (χ0v) is 16.7. The number of nitrogens with one attached hydrogen (secondary N) is 1. The van der Waals surface area contributed by atoms with Crippen LogP contribution in [-0.4, -0.2) is 35.2 Å². The molecule has 26 heavy (non-hydrogen) atoms. The van der Waals surface area contributed by atoms with Gasteiger partial charge in [-0.3, -0.25) is 14.4 Å². The summed E-state index contributed by atoms with van der Waals surface area (Å²) in [6.07, 6.45) is 5.62. The average Bonchev–Trinajstić information content (AvgIpc) is 2.51. The first kappa shape index (κ1) is 26.3. The molecular formula is C19H36N2O5. The first-order chi connectivity index (χ1) is 12.1. The molecule has 0 aromatic carbocycles. The SMILES string of the molecule is CCCC(CCCC(C)=O)CNC(=O)C(C)CC(=O)O.CCCC(N)=O. The van der Waals surface area contributed by atoms with E-state index in [2.05, 4.69) is 12.2 Å². The topological polar surface area (TPSA) is 127 Å².